The quantitative estimate of drug-likeness (QED) is 0.518. The number of benzene rings is 1. The summed E-state index contributed by atoms with van der Waals surface area (Å²) in [6.45, 7) is 2.95. The molecule has 3 aromatic heterocycles. The van der Waals surface area contributed by atoms with Crippen molar-refractivity contribution in [1.82, 2.24) is 24.1 Å². The summed E-state index contributed by atoms with van der Waals surface area (Å²) in [5.74, 6) is 0.475. The molecule has 9 heteroatoms. The number of hydrogen-bond donors (Lipinski definition) is 1. The maximum Gasteiger partial charge on any atom is 0.272 e. The van der Waals surface area contributed by atoms with Gasteiger partial charge in [0.2, 0.25) is 0 Å². The summed E-state index contributed by atoms with van der Waals surface area (Å²) in [6.07, 6.45) is 2.45. The minimum absolute atomic E-state index is 0.244. The number of thioether (sulfide) groups is 1. The van der Waals surface area contributed by atoms with Crippen LogP contribution in [0, 0.1) is 11.3 Å². The smallest absolute Gasteiger partial charge is 0.272 e. The summed E-state index contributed by atoms with van der Waals surface area (Å²) in [6, 6.07) is 9.19. The van der Waals surface area contributed by atoms with Crippen molar-refractivity contribution in [3.05, 3.63) is 57.1 Å². The second-order valence-corrected chi connectivity index (χ2v) is 7.39. The van der Waals surface area contributed by atoms with Crippen molar-refractivity contribution >= 4 is 40.0 Å². The Morgan fingerprint density at radius 2 is 2.19 bits per heavy atom. The standard InChI is InChI=1S/C18H15ClN6OS/c1-2-5-24-15-4-3-12(19)6-14(15)23-18(24)27-10-13-7-16(26)25-17(22-13)11(8-20)9-21-25/h3-4,6-7,9,21H,2,5,10H2,1H3. The van der Waals surface area contributed by atoms with Crippen LogP contribution in [-0.2, 0) is 12.3 Å². The van der Waals surface area contributed by atoms with Gasteiger partial charge in [-0.15, -0.1) is 0 Å². The lowest BCUT2D eigenvalue weighted by Gasteiger charge is -2.07. The molecule has 0 fully saturated rings. The fourth-order valence-electron chi connectivity index (χ4n) is 2.95. The van der Waals surface area contributed by atoms with Crippen molar-refractivity contribution in [2.24, 2.45) is 0 Å². The first-order valence-corrected chi connectivity index (χ1v) is 9.76. The van der Waals surface area contributed by atoms with Gasteiger partial charge in [0.1, 0.15) is 11.6 Å². The van der Waals surface area contributed by atoms with Crippen molar-refractivity contribution < 1.29 is 0 Å². The predicted octanol–water partition coefficient (Wildman–Crippen LogP) is 3.60. The number of nitrogens with zero attached hydrogens (tertiary/aromatic N) is 5. The Morgan fingerprint density at radius 1 is 1.33 bits per heavy atom. The van der Waals surface area contributed by atoms with Gasteiger partial charge in [-0.1, -0.05) is 30.3 Å². The highest BCUT2D eigenvalue weighted by molar-refractivity contribution is 7.98. The van der Waals surface area contributed by atoms with E-state index in [9.17, 15) is 4.79 Å². The molecule has 4 aromatic rings. The predicted molar refractivity (Wildman–Crippen MR) is 105 cm³/mol. The van der Waals surface area contributed by atoms with Crippen LogP contribution in [0.5, 0.6) is 0 Å². The zero-order chi connectivity index (χ0) is 19.0. The Bertz CT molecular complexity index is 1250. The van der Waals surface area contributed by atoms with E-state index in [2.05, 4.69) is 26.6 Å². The molecule has 136 valence electrons. The molecule has 0 aliphatic rings. The molecule has 0 saturated heterocycles. The number of halogens is 1. The van der Waals surface area contributed by atoms with Gasteiger partial charge in [-0.05, 0) is 24.6 Å². The van der Waals surface area contributed by atoms with Crippen LogP contribution in [0.15, 0.2) is 40.4 Å². The first-order chi connectivity index (χ1) is 13.1. The normalized spacial score (nSPS) is 11.3. The summed E-state index contributed by atoms with van der Waals surface area (Å²) in [5, 5.41) is 13.4. The topological polar surface area (TPSA) is 91.8 Å². The molecule has 1 N–H and O–H groups in total. The van der Waals surface area contributed by atoms with Gasteiger partial charge < -0.3 is 4.57 Å². The summed E-state index contributed by atoms with van der Waals surface area (Å²) >= 11 is 7.60. The maximum atomic E-state index is 12.2. The third-order valence-corrected chi connectivity index (χ3v) is 5.39. The van der Waals surface area contributed by atoms with E-state index in [1.807, 2.05) is 24.3 Å². The van der Waals surface area contributed by atoms with E-state index in [1.165, 1.54) is 28.5 Å². The van der Waals surface area contributed by atoms with E-state index in [-0.39, 0.29) is 5.56 Å². The molecule has 0 aliphatic carbocycles. The third-order valence-electron chi connectivity index (χ3n) is 4.14. The van der Waals surface area contributed by atoms with E-state index < -0.39 is 0 Å². The monoisotopic (exact) mass is 398 g/mol. The number of aryl methyl sites for hydroxylation is 1. The minimum atomic E-state index is -0.244. The lowest BCUT2D eigenvalue weighted by molar-refractivity contribution is 0.638. The van der Waals surface area contributed by atoms with Crippen molar-refractivity contribution in [1.29, 1.82) is 5.26 Å². The first-order valence-electron chi connectivity index (χ1n) is 8.39. The number of rotatable bonds is 5. The van der Waals surface area contributed by atoms with Crippen molar-refractivity contribution in [3.63, 3.8) is 0 Å². The maximum absolute atomic E-state index is 12.2. The third kappa shape index (κ3) is 3.20. The van der Waals surface area contributed by atoms with Crippen LogP contribution in [0.3, 0.4) is 0 Å². The van der Waals surface area contributed by atoms with Crippen molar-refractivity contribution in [3.8, 4) is 6.07 Å². The van der Waals surface area contributed by atoms with Crippen LogP contribution in [-0.4, -0.2) is 24.1 Å². The number of imidazole rings is 1. The highest BCUT2D eigenvalue weighted by Crippen LogP contribution is 2.28. The molecule has 0 amide bonds. The molecule has 0 unspecified atom stereocenters. The van der Waals surface area contributed by atoms with E-state index in [0.717, 1.165) is 29.2 Å². The fourth-order valence-corrected chi connectivity index (χ4v) is 4.05. The molecule has 1 aromatic carbocycles. The molecule has 4 rings (SSSR count). The van der Waals surface area contributed by atoms with Crippen LogP contribution >= 0.6 is 23.4 Å². The Morgan fingerprint density at radius 3 is 2.96 bits per heavy atom. The fraction of sp³-hybridized carbons (Fsp3) is 0.222. The van der Waals surface area contributed by atoms with Crippen LogP contribution in [0.4, 0.5) is 0 Å². The van der Waals surface area contributed by atoms with Crippen LogP contribution in [0.1, 0.15) is 24.6 Å². The van der Waals surface area contributed by atoms with E-state index in [4.69, 9.17) is 16.9 Å². The first kappa shape index (κ1) is 17.6. The second-order valence-electron chi connectivity index (χ2n) is 6.01. The number of nitrogens with one attached hydrogen (secondary N) is 1. The molecule has 27 heavy (non-hydrogen) atoms. The zero-order valence-electron chi connectivity index (χ0n) is 14.4. The van der Waals surface area contributed by atoms with Gasteiger partial charge >= 0.3 is 0 Å². The highest BCUT2D eigenvalue weighted by Gasteiger charge is 2.13. The molecule has 7 nitrogen and oxygen atoms in total. The SMILES string of the molecule is CCCn1c(SCc2cc(=O)n3[nH]cc(C#N)c3n2)nc2cc(Cl)ccc21. The molecule has 0 saturated carbocycles. The van der Waals surface area contributed by atoms with E-state index in [1.54, 1.807) is 0 Å². The van der Waals surface area contributed by atoms with Gasteiger partial charge in [-0.3, -0.25) is 9.89 Å². The molecule has 0 atom stereocenters. The number of H-pyrrole nitrogens is 1. The van der Waals surface area contributed by atoms with Crippen LogP contribution < -0.4 is 5.56 Å². The summed E-state index contributed by atoms with van der Waals surface area (Å²) < 4.78 is 3.42. The van der Waals surface area contributed by atoms with Crippen LogP contribution in [0.25, 0.3) is 16.7 Å². The number of nitriles is 1. The number of aromatic nitrogens is 5. The number of aromatic amines is 1. The lowest BCUT2D eigenvalue weighted by atomic mass is 10.3. The molecule has 0 spiro atoms. The average Bonchev–Trinajstić information content (AvgIpc) is 3.21. The Hall–Kier alpha value is -2.76. The zero-order valence-corrected chi connectivity index (χ0v) is 16.0. The molecule has 0 radical (unpaired) electrons. The molecule has 0 aliphatic heterocycles. The average molecular weight is 399 g/mol. The van der Waals surface area contributed by atoms with Gasteiger partial charge in [0.25, 0.3) is 5.56 Å². The van der Waals surface area contributed by atoms with Gasteiger partial charge in [-0.25, -0.2) is 14.5 Å². The van der Waals surface area contributed by atoms with Gasteiger partial charge in [0, 0.05) is 29.6 Å². The minimum Gasteiger partial charge on any atom is -0.319 e. The molecular formula is C18H15ClN6OS. The molecular weight excluding hydrogens is 384 g/mol. The van der Waals surface area contributed by atoms with Crippen molar-refractivity contribution in [2.75, 3.05) is 0 Å². The Balaban J connectivity index is 1.69. The Labute approximate surface area is 163 Å². The largest absolute Gasteiger partial charge is 0.319 e. The lowest BCUT2D eigenvalue weighted by Crippen LogP contribution is -2.15. The van der Waals surface area contributed by atoms with Gasteiger partial charge in [0.05, 0.1) is 16.7 Å². The molecule has 3 heterocycles. The number of fused-ring (bicyclic) bond motifs is 2. The van der Waals surface area contributed by atoms with Gasteiger partial charge in [-0.2, -0.15) is 5.26 Å². The summed E-state index contributed by atoms with van der Waals surface area (Å²) in [7, 11) is 0. The highest BCUT2D eigenvalue weighted by atomic mass is 35.5. The van der Waals surface area contributed by atoms with E-state index in [0.29, 0.717) is 27.7 Å². The Kier molecular flexibility index (Phi) is 4.64. The molecule has 0 bridgehead atoms. The van der Waals surface area contributed by atoms with Gasteiger partial charge in [0.15, 0.2) is 10.8 Å². The summed E-state index contributed by atoms with van der Waals surface area (Å²) in [4.78, 5) is 21.4. The van der Waals surface area contributed by atoms with Crippen LogP contribution in [0.2, 0.25) is 5.02 Å². The van der Waals surface area contributed by atoms with Crippen molar-refractivity contribution in [2.45, 2.75) is 30.8 Å². The summed E-state index contributed by atoms with van der Waals surface area (Å²) in [5.41, 5.74) is 2.92. The van der Waals surface area contributed by atoms with E-state index >= 15 is 0 Å². The second kappa shape index (κ2) is 7.10. The number of hydrogen-bond acceptors (Lipinski definition) is 5.